The Hall–Kier alpha value is -2.53. The van der Waals surface area contributed by atoms with Crippen molar-refractivity contribution in [1.82, 2.24) is 0 Å². The standard InChI is InChI=1S/C21H21BrN2O2/c1-14(2)21(25)24-18-9-7-17(8-10-18)23-13-19-11-12-20(26-19)15-3-5-16(22)6-4-15/h3-12,14,23H,13H2,1-2H3,(H,24,25). The number of amides is 1. The van der Waals surface area contributed by atoms with E-state index in [2.05, 4.69) is 26.6 Å². The van der Waals surface area contributed by atoms with Crippen LogP contribution in [-0.2, 0) is 11.3 Å². The van der Waals surface area contributed by atoms with Crippen LogP contribution >= 0.6 is 15.9 Å². The van der Waals surface area contributed by atoms with Gasteiger partial charge in [-0.15, -0.1) is 0 Å². The highest BCUT2D eigenvalue weighted by molar-refractivity contribution is 9.10. The number of benzene rings is 2. The first-order chi connectivity index (χ1) is 12.5. The van der Waals surface area contributed by atoms with Crippen LogP contribution < -0.4 is 10.6 Å². The molecular weight excluding hydrogens is 392 g/mol. The molecule has 0 aliphatic rings. The smallest absolute Gasteiger partial charge is 0.226 e. The average molecular weight is 413 g/mol. The molecule has 4 nitrogen and oxygen atoms in total. The molecule has 0 bridgehead atoms. The highest BCUT2D eigenvalue weighted by Gasteiger charge is 2.07. The summed E-state index contributed by atoms with van der Waals surface area (Å²) in [6.45, 7) is 4.34. The number of carbonyl (C=O) groups excluding carboxylic acids is 1. The first kappa shape index (κ1) is 18.3. The van der Waals surface area contributed by atoms with E-state index in [0.29, 0.717) is 6.54 Å². The molecule has 0 unspecified atom stereocenters. The zero-order valence-corrected chi connectivity index (χ0v) is 16.3. The third kappa shape index (κ3) is 4.76. The van der Waals surface area contributed by atoms with Crippen LogP contribution in [0.3, 0.4) is 0 Å². The van der Waals surface area contributed by atoms with Gasteiger partial charge in [0.25, 0.3) is 0 Å². The third-order valence-corrected chi connectivity index (χ3v) is 4.46. The van der Waals surface area contributed by atoms with Crippen molar-refractivity contribution in [2.24, 2.45) is 5.92 Å². The summed E-state index contributed by atoms with van der Waals surface area (Å²) >= 11 is 3.44. The molecule has 2 aromatic carbocycles. The molecule has 0 fully saturated rings. The molecule has 0 saturated carbocycles. The Bertz CT molecular complexity index is 868. The number of hydrogen-bond donors (Lipinski definition) is 2. The molecule has 5 heteroatoms. The number of furan rings is 1. The van der Waals surface area contributed by atoms with E-state index in [0.717, 1.165) is 32.9 Å². The van der Waals surface area contributed by atoms with Crippen molar-refractivity contribution in [1.29, 1.82) is 0 Å². The first-order valence-corrected chi connectivity index (χ1v) is 9.30. The molecule has 0 aliphatic carbocycles. The predicted molar refractivity (Wildman–Crippen MR) is 109 cm³/mol. The van der Waals surface area contributed by atoms with Crippen molar-refractivity contribution in [2.75, 3.05) is 10.6 Å². The van der Waals surface area contributed by atoms with Crippen molar-refractivity contribution in [3.05, 3.63) is 70.9 Å². The highest BCUT2D eigenvalue weighted by Crippen LogP contribution is 2.24. The largest absolute Gasteiger partial charge is 0.459 e. The van der Waals surface area contributed by atoms with Crippen molar-refractivity contribution in [3.63, 3.8) is 0 Å². The molecule has 134 valence electrons. The molecule has 3 rings (SSSR count). The fourth-order valence-corrected chi connectivity index (χ4v) is 2.65. The fourth-order valence-electron chi connectivity index (χ4n) is 2.39. The van der Waals surface area contributed by atoms with Crippen molar-refractivity contribution in [3.8, 4) is 11.3 Å². The summed E-state index contributed by atoms with van der Waals surface area (Å²) in [6.07, 6.45) is 0. The van der Waals surface area contributed by atoms with Gasteiger partial charge in [-0.25, -0.2) is 0 Å². The number of halogens is 1. The molecule has 0 radical (unpaired) electrons. The van der Waals surface area contributed by atoms with Gasteiger partial charge in [0.2, 0.25) is 5.91 Å². The summed E-state index contributed by atoms with van der Waals surface area (Å²) < 4.78 is 6.94. The van der Waals surface area contributed by atoms with E-state index < -0.39 is 0 Å². The number of carbonyl (C=O) groups is 1. The second-order valence-corrected chi connectivity index (χ2v) is 7.26. The second kappa shape index (κ2) is 8.23. The summed E-state index contributed by atoms with van der Waals surface area (Å²) in [4.78, 5) is 11.7. The van der Waals surface area contributed by atoms with Gasteiger partial charge >= 0.3 is 0 Å². The number of nitrogens with one attached hydrogen (secondary N) is 2. The van der Waals surface area contributed by atoms with Crippen LogP contribution in [0.5, 0.6) is 0 Å². The molecule has 0 aliphatic heterocycles. The van der Waals surface area contributed by atoms with Gasteiger partial charge in [0, 0.05) is 27.3 Å². The monoisotopic (exact) mass is 412 g/mol. The van der Waals surface area contributed by atoms with E-state index in [9.17, 15) is 4.79 Å². The highest BCUT2D eigenvalue weighted by atomic mass is 79.9. The minimum Gasteiger partial charge on any atom is -0.459 e. The summed E-state index contributed by atoms with van der Waals surface area (Å²) in [6, 6.07) is 19.6. The van der Waals surface area contributed by atoms with Gasteiger partial charge in [-0.3, -0.25) is 4.79 Å². The quantitative estimate of drug-likeness (QED) is 0.528. The SMILES string of the molecule is CC(C)C(=O)Nc1ccc(NCc2ccc(-c3ccc(Br)cc3)o2)cc1. The molecule has 3 aromatic rings. The van der Waals surface area contributed by atoms with Gasteiger partial charge in [-0.2, -0.15) is 0 Å². The van der Waals surface area contributed by atoms with Crippen LogP contribution in [0, 0.1) is 5.92 Å². The Morgan fingerprint density at radius 3 is 2.27 bits per heavy atom. The lowest BCUT2D eigenvalue weighted by Crippen LogP contribution is -2.17. The van der Waals surface area contributed by atoms with Crippen LogP contribution in [0.2, 0.25) is 0 Å². The molecule has 2 N–H and O–H groups in total. The predicted octanol–water partition coefficient (Wildman–Crippen LogP) is 5.92. The summed E-state index contributed by atoms with van der Waals surface area (Å²) in [5.74, 6) is 1.69. The van der Waals surface area contributed by atoms with Crippen LogP contribution in [-0.4, -0.2) is 5.91 Å². The molecule has 26 heavy (non-hydrogen) atoms. The van der Waals surface area contributed by atoms with E-state index >= 15 is 0 Å². The van der Waals surface area contributed by atoms with Gasteiger partial charge in [0.05, 0.1) is 6.54 Å². The van der Waals surface area contributed by atoms with E-state index in [1.807, 2.05) is 74.5 Å². The van der Waals surface area contributed by atoms with Crippen LogP contribution in [0.1, 0.15) is 19.6 Å². The Morgan fingerprint density at radius 1 is 0.962 bits per heavy atom. The van der Waals surface area contributed by atoms with Gasteiger partial charge in [0.15, 0.2) is 0 Å². The van der Waals surface area contributed by atoms with Gasteiger partial charge < -0.3 is 15.1 Å². The minimum absolute atomic E-state index is 0.0155. The first-order valence-electron chi connectivity index (χ1n) is 8.51. The Kier molecular flexibility index (Phi) is 5.78. The lowest BCUT2D eigenvalue weighted by molar-refractivity contribution is -0.118. The Labute approximate surface area is 161 Å². The number of hydrogen-bond acceptors (Lipinski definition) is 3. The van der Waals surface area contributed by atoms with E-state index in [-0.39, 0.29) is 11.8 Å². The summed E-state index contributed by atoms with van der Waals surface area (Å²) in [5.41, 5.74) is 2.81. The van der Waals surface area contributed by atoms with E-state index in [4.69, 9.17) is 4.42 Å². The molecule has 0 spiro atoms. The molecule has 1 amide bonds. The fraction of sp³-hybridized carbons (Fsp3) is 0.190. The Balaban J connectivity index is 1.57. The van der Waals surface area contributed by atoms with Gasteiger partial charge in [0.1, 0.15) is 11.5 Å². The third-order valence-electron chi connectivity index (χ3n) is 3.93. The molecule has 0 atom stereocenters. The number of anilines is 2. The number of rotatable bonds is 6. The maximum Gasteiger partial charge on any atom is 0.226 e. The molecule has 0 saturated heterocycles. The zero-order valence-electron chi connectivity index (χ0n) is 14.8. The molecular formula is C21H21BrN2O2. The zero-order chi connectivity index (χ0) is 18.5. The lowest BCUT2D eigenvalue weighted by Gasteiger charge is -2.09. The lowest BCUT2D eigenvalue weighted by atomic mass is 10.2. The molecule has 1 heterocycles. The minimum atomic E-state index is -0.0355. The average Bonchev–Trinajstić information content (AvgIpc) is 3.10. The maximum atomic E-state index is 11.7. The molecule has 1 aromatic heterocycles. The summed E-state index contributed by atoms with van der Waals surface area (Å²) in [7, 11) is 0. The second-order valence-electron chi connectivity index (χ2n) is 6.35. The van der Waals surface area contributed by atoms with Crippen LogP contribution in [0.15, 0.2) is 69.6 Å². The van der Waals surface area contributed by atoms with Gasteiger partial charge in [-0.1, -0.05) is 41.9 Å². The van der Waals surface area contributed by atoms with Crippen LogP contribution in [0.4, 0.5) is 11.4 Å². The van der Waals surface area contributed by atoms with Gasteiger partial charge in [-0.05, 0) is 48.5 Å². The van der Waals surface area contributed by atoms with Crippen molar-refractivity contribution >= 4 is 33.2 Å². The summed E-state index contributed by atoms with van der Waals surface area (Å²) in [5, 5.41) is 6.20. The van der Waals surface area contributed by atoms with Crippen molar-refractivity contribution < 1.29 is 9.21 Å². The topological polar surface area (TPSA) is 54.3 Å². The maximum absolute atomic E-state index is 11.7. The van der Waals surface area contributed by atoms with Crippen LogP contribution in [0.25, 0.3) is 11.3 Å². The van der Waals surface area contributed by atoms with E-state index in [1.165, 1.54) is 0 Å². The van der Waals surface area contributed by atoms with E-state index in [1.54, 1.807) is 0 Å². The normalized spacial score (nSPS) is 10.8. The Morgan fingerprint density at radius 2 is 1.62 bits per heavy atom. The van der Waals surface area contributed by atoms with Crippen molar-refractivity contribution in [2.45, 2.75) is 20.4 Å².